The van der Waals surface area contributed by atoms with Crippen molar-refractivity contribution >= 4 is 23.2 Å². The van der Waals surface area contributed by atoms with E-state index < -0.39 is 4.92 Å². The van der Waals surface area contributed by atoms with E-state index in [4.69, 9.17) is 0 Å². The van der Waals surface area contributed by atoms with Crippen molar-refractivity contribution in [3.05, 3.63) is 112 Å². The summed E-state index contributed by atoms with van der Waals surface area (Å²) in [7, 11) is 0. The van der Waals surface area contributed by atoms with E-state index in [1.807, 2.05) is 48.5 Å². The lowest BCUT2D eigenvalue weighted by Gasteiger charge is -2.17. The molecule has 1 atom stereocenters. The monoisotopic (exact) mass is 377 g/mol. The smallest absolute Gasteiger partial charge is 0.280 e. The van der Waals surface area contributed by atoms with Crippen molar-refractivity contribution in [2.45, 2.75) is 17.4 Å². The molecule has 0 saturated heterocycles. The molecule has 3 rings (SSSR count). The molecule has 5 heteroatoms. The van der Waals surface area contributed by atoms with Crippen LogP contribution < -0.4 is 0 Å². The Labute approximate surface area is 162 Å². The molecule has 4 nitrogen and oxygen atoms in total. The van der Waals surface area contributed by atoms with Crippen LogP contribution in [0.5, 0.6) is 0 Å². The second kappa shape index (κ2) is 9.14. The molecule has 136 valence electrons. The number of para-hydroxylation sites is 1. The summed E-state index contributed by atoms with van der Waals surface area (Å²) in [5, 5.41) is 11.2. The number of Topliss-reactive ketones (excluding diaryl/α,β-unsaturated/α-hetero) is 1. The number of nitro groups is 1. The summed E-state index contributed by atoms with van der Waals surface area (Å²) in [5.74, 6) is 0.557. The third kappa shape index (κ3) is 5.05. The molecule has 0 aliphatic carbocycles. The molecule has 0 saturated carbocycles. The average molecular weight is 377 g/mol. The Kier molecular flexibility index (Phi) is 6.39. The molecule has 0 amide bonds. The zero-order valence-electron chi connectivity index (χ0n) is 14.7. The minimum Gasteiger partial charge on any atom is -0.294 e. The highest BCUT2D eigenvalue weighted by atomic mass is 32.2. The maximum atomic E-state index is 12.8. The van der Waals surface area contributed by atoms with E-state index in [0.29, 0.717) is 0 Å². The normalized spacial score (nSPS) is 11.7. The topological polar surface area (TPSA) is 60.2 Å². The van der Waals surface area contributed by atoms with Gasteiger partial charge in [0.15, 0.2) is 5.78 Å². The largest absolute Gasteiger partial charge is 0.294 e. The second-order valence-electron chi connectivity index (χ2n) is 6.10. The molecule has 0 N–H and O–H groups in total. The maximum absolute atomic E-state index is 12.8. The number of benzene rings is 3. The highest BCUT2D eigenvalue weighted by Gasteiger charge is 2.23. The SMILES string of the molecule is O=C(CC(SCc1ccccc1)c1ccccc1)c1ccccc1[N+](=O)[O-]. The molecule has 1 unspecified atom stereocenters. The Morgan fingerprint density at radius 3 is 2.15 bits per heavy atom. The first kappa shape index (κ1) is 18.9. The Bertz CT molecular complexity index is 913. The fourth-order valence-corrected chi connectivity index (χ4v) is 4.06. The Hall–Kier alpha value is -2.92. The third-order valence-corrected chi connectivity index (χ3v) is 5.58. The molecule has 0 heterocycles. The summed E-state index contributed by atoms with van der Waals surface area (Å²) in [6.45, 7) is 0. The number of rotatable bonds is 8. The van der Waals surface area contributed by atoms with Gasteiger partial charge in [-0.1, -0.05) is 72.8 Å². The van der Waals surface area contributed by atoms with Crippen molar-refractivity contribution in [2.75, 3.05) is 0 Å². The quantitative estimate of drug-likeness (QED) is 0.281. The number of nitro benzene ring substituents is 1. The average Bonchev–Trinajstić information content (AvgIpc) is 2.72. The van der Waals surface area contributed by atoms with Gasteiger partial charge in [-0.25, -0.2) is 0 Å². The summed E-state index contributed by atoms with van der Waals surface area (Å²) in [6.07, 6.45) is 0.215. The molecule has 0 aliphatic rings. The van der Waals surface area contributed by atoms with Gasteiger partial charge in [-0.3, -0.25) is 14.9 Å². The van der Waals surface area contributed by atoms with Crippen LogP contribution in [0.1, 0.15) is 33.2 Å². The number of ketones is 1. The van der Waals surface area contributed by atoms with E-state index in [1.165, 1.54) is 17.7 Å². The molecule has 3 aromatic carbocycles. The number of carbonyl (C=O) groups is 1. The minimum atomic E-state index is -0.498. The summed E-state index contributed by atoms with van der Waals surface area (Å²) >= 11 is 1.67. The lowest BCUT2D eigenvalue weighted by Crippen LogP contribution is -2.08. The summed E-state index contributed by atoms with van der Waals surface area (Å²) in [5.41, 5.74) is 2.26. The molecule has 0 aliphatic heterocycles. The van der Waals surface area contributed by atoms with E-state index >= 15 is 0 Å². The molecular weight excluding hydrogens is 358 g/mol. The van der Waals surface area contributed by atoms with E-state index in [1.54, 1.807) is 23.9 Å². The lowest BCUT2D eigenvalue weighted by atomic mass is 10.0. The van der Waals surface area contributed by atoms with Crippen molar-refractivity contribution in [3.63, 3.8) is 0 Å². The van der Waals surface area contributed by atoms with Crippen LogP contribution in [0, 0.1) is 10.1 Å². The number of thioether (sulfide) groups is 1. The predicted molar refractivity (Wildman–Crippen MR) is 109 cm³/mol. The van der Waals surface area contributed by atoms with Gasteiger partial charge in [0.25, 0.3) is 5.69 Å². The van der Waals surface area contributed by atoms with E-state index in [0.717, 1.165) is 11.3 Å². The zero-order valence-corrected chi connectivity index (χ0v) is 15.5. The van der Waals surface area contributed by atoms with Gasteiger partial charge in [0.05, 0.1) is 10.5 Å². The molecule has 27 heavy (non-hydrogen) atoms. The Morgan fingerprint density at radius 2 is 1.48 bits per heavy atom. The molecule has 3 aromatic rings. The highest BCUT2D eigenvalue weighted by molar-refractivity contribution is 7.98. The van der Waals surface area contributed by atoms with Gasteiger partial charge in [-0.15, -0.1) is 11.8 Å². The van der Waals surface area contributed by atoms with Gasteiger partial charge in [-0.05, 0) is 17.2 Å². The summed E-state index contributed by atoms with van der Waals surface area (Å²) in [4.78, 5) is 23.6. The zero-order chi connectivity index (χ0) is 19.1. The van der Waals surface area contributed by atoms with Crippen LogP contribution in [0.15, 0.2) is 84.9 Å². The van der Waals surface area contributed by atoms with Crippen LogP contribution in [0.3, 0.4) is 0 Å². The molecular formula is C22H19NO3S. The van der Waals surface area contributed by atoms with Crippen molar-refractivity contribution in [1.29, 1.82) is 0 Å². The van der Waals surface area contributed by atoms with Gasteiger partial charge >= 0.3 is 0 Å². The van der Waals surface area contributed by atoms with E-state index in [-0.39, 0.29) is 28.7 Å². The lowest BCUT2D eigenvalue weighted by molar-refractivity contribution is -0.385. The van der Waals surface area contributed by atoms with Crippen LogP contribution in [-0.4, -0.2) is 10.7 Å². The van der Waals surface area contributed by atoms with Gasteiger partial charge in [0, 0.05) is 23.5 Å². The molecule has 0 spiro atoms. The molecule has 0 aromatic heterocycles. The van der Waals surface area contributed by atoms with Crippen LogP contribution in [0.25, 0.3) is 0 Å². The summed E-state index contributed by atoms with van der Waals surface area (Å²) < 4.78 is 0. The number of nitrogens with zero attached hydrogens (tertiary/aromatic N) is 1. The van der Waals surface area contributed by atoms with Gasteiger partial charge in [-0.2, -0.15) is 0 Å². The van der Waals surface area contributed by atoms with Crippen LogP contribution in [-0.2, 0) is 5.75 Å². The highest BCUT2D eigenvalue weighted by Crippen LogP contribution is 2.36. The number of carbonyl (C=O) groups excluding carboxylic acids is 1. The summed E-state index contributed by atoms with van der Waals surface area (Å²) in [6, 6.07) is 26.0. The predicted octanol–water partition coefficient (Wildman–Crippen LogP) is 5.84. The van der Waals surface area contributed by atoms with Crippen LogP contribution in [0.4, 0.5) is 5.69 Å². The van der Waals surface area contributed by atoms with Crippen LogP contribution >= 0.6 is 11.8 Å². The Balaban J connectivity index is 1.81. The maximum Gasteiger partial charge on any atom is 0.280 e. The molecule has 0 fully saturated rings. The first-order chi connectivity index (χ1) is 13.1. The first-order valence-electron chi connectivity index (χ1n) is 8.62. The number of hydrogen-bond donors (Lipinski definition) is 0. The van der Waals surface area contributed by atoms with Gasteiger partial charge in [0.2, 0.25) is 0 Å². The fourth-order valence-electron chi connectivity index (χ4n) is 2.86. The van der Waals surface area contributed by atoms with E-state index in [2.05, 4.69) is 12.1 Å². The first-order valence-corrected chi connectivity index (χ1v) is 9.67. The molecule has 0 radical (unpaired) electrons. The van der Waals surface area contributed by atoms with Crippen molar-refractivity contribution < 1.29 is 9.72 Å². The van der Waals surface area contributed by atoms with Crippen molar-refractivity contribution in [2.24, 2.45) is 0 Å². The third-order valence-electron chi connectivity index (χ3n) is 4.24. The molecule has 0 bridgehead atoms. The fraction of sp³-hybridized carbons (Fsp3) is 0.136. The standard InChI is InChI=1S/C22H19NO3S/c24-21(19-13-7-8-14-20(19)23(25)26)15-22(18-11-5-2-6-12-18)27-16-17-9-3-1-4-10-17/h1-14,22H,15-16H2. The van der Waals surface area contributed by atoms with Crippen LogP contribution in [0.2, 0.25) is 0 Å². The Morgan fingerprint density at radius 1 is 0.889 bits per heavy atom. The van der Waals surface area contributed by atoms with Crippen molar-refractivity contribution in [3.8, 4) is 0 Å². The van der Waals surface area contributed by atoms with Gasteiger partial charge in [0.1, 0.15) is 0 Å². The van der Waals surface area contributed by atoms with E-state index in [9.17, 15) is 14.9 Å². The second-order valence-corrected chi connectivity index (χ2v) is 7.29. The number of hydrogen-bond acceptors (Lipinski definition) is 4. The minimum absolute atomic E-state index is 0.0706. The van der Waals surface area contributed by atoms with Gasteiger partial charge < -0.3 is 0 Å². The van der Waals surface area contributed by atoms with Crippen molar-refractivity contribution in [1.82, 2.24) is 0 Å².